The first-order chi connectivity index (χ1) is 10.0. The van der Waals surface area contributed by atoms with Gasteiger partial charge in [0.1, 0.15) is 11.6 Å². The minimum atomic E-state index is -0.384. The lowest BCUT2D eigenvalue weighted by atomic mass is 10.0. The molecule has 0 bridgehead atoms. The molecule has 1 unspecified atom stereocenters. The molecular weight excluding hydrogens is 270 g/mol. The van der Waals surface area contributed by atoms with Gasteiger partial charge in [-0.2, -0.15) is 0 Å². The summed E-state index contributed by atoms with van der Waals surface area (Å²) in [7, 11) is 0. The molecule has 1 aromatic carbocycles. The Kier molecular flexibility index (Phi) is 5.02. The number of aromatic nitrogens is 1. The standard InChI is InChI=1S/C17H20F2N2/c1-4-13-6-5-7-20-17(13)10-21-12(3)14-9-15(18)11(2)8-16(14)19/h5-9,12,21H,4,10H2,1-3H3. The van der Waals surface area contributed by atoms with E-state index in [4.69, 9.17) is 0 Å². The summed E-state index contributed by atoms with van der Waals surface area (Å²) in [5.41, 5.74) is 2.76. The van der Waals surface area contributed by atoms with Gasteiger partial charge in [0.05, 0.1) is 5.69 Å². The third-order valence-corrected chi connectivity index (χ3v) is 3.69. The van der Waals surface area contributed by atoms with Crippen LogP contribution in [0.25, 0.3) is 0 Å². The van der Waals surface area contributed by atoms with Gasteiger partial charge in [0, 0.05) is 24.3 Å². The Hall–Kier alpha value is -1.81. The summed E-state index contributed by atoms with van der Waals surface area (Å²) in [4.78, 5) is 4.34. The van der Waals surface area contributed by atoms with E-state index in [2.05, 4.69) is 17.2 Å². The van der Waals surface area contributed by atoms with Gasteiger partial charge < -0.3 is 5.32 Å². The normalized spacial score (nSPS) is 12.4. The Bertz CT molecular complexity index is 626. The van der Waals surface area contributed by atoms with Crippen molar-refractivity contribution in [1.82, 2.24) is 10.3 Å². The number of nitrogens with one attached hydrogen (secondary N) is 1. The van der Waals surface area contributed by atoms with Crippen LogP contribution in [0.1, 0.15) is 42.3 Å². The van der Waals surface area contributed by atoms with Crippen molar-refractivity contribution in [2.24, 2.45) is 0 Å². The second-order valence-corrected chi connectivity index (χ2v) is 5.19. The number of hydrogen-bond donors (Lipinski definition) is 1. The van der Waals surface area contributed by atoms with E-state index in [1.54, 1.807) is 13.1 Å². The fourth-order valence-corrected chi connectivity index (χ4v) is 2.31. The Balaban J connectivity index is 2.12. The fourth-order valence-electron chi connectivity index (χ4n) is 2.31. The summed E-state index contributed by atoms with van der Waals surface area (Å²) in [5, 5.41) is 3.21. The summed E-state index contributed by atoms with van der Waals surface area (Å²) in [6, 6.07) is 6.15. The molecule has 2 rings (SSSR count). The summed E-state index contributed by atoms with van der Waals surface area (Å²) in [6.07, 6.45) is 2.64. The lowest BCUT2D eigenvalue weighted by molar-refractivity contribution is 0.512. The molecule has 1 atom stereocenters. The Labute approximate surface area is 124 Å². The van der Waals surface area contributed by atoms with Crippen molar-refractivity contribution in [1.29, 1.82) is 0 Å². The van der Waals surface area contributed by atoms with E-state index >= 15 is 0 Å². The third-order valence-electron chi connectivity index (χ3n) is 3.69. The highest BCUT2D eigenvalue weighted by molar-refractivity contribution is 5.27. The SMILES string of the molecule is CCc1cccnc1CNC(C)c1cc(F)c(C)cc1F. The van der Waals surface area contributed by atoms with Crippen molar-refractivity contribution in [3.63, 3.8) is 0 Å². The van der Waals surface area contributed by atoms with E-state index in [1.807, 2.05) is 19.1 Å². The number of halogens is 2. The molecule has 4 heteroatoms. The molecule has 112 valence electrons. The zero-order valence-corrected chi connectivity index (χ0v) is 12.6. The van der Waals surface area contributed by atoms with Gasteiger partial charge in [0.25, 0.3) is 0 Å². The maximum Gasteiger partial charge on any atom is 0.128 e. The van der Waals surface area contributed by atoms with Crippen molar-refractivity contribution in [3.05, 3.63) is 64.5 Å². The molecule has 0 fully saturated rings. The molecular formula is C17H20F2N2. The van der Waals surface area contributed by atoms with Gasteiger partial charge in [-0.15, -0.1) is 0 Å². The van der Waals surface area contributed by atoms with Crippen LogP contribution in [0.2, 0.25) is 0 Å². The summed E-state index contributed by atoms with van der Waals surface area (Å²) in [6.45, 7) is 5.97. The number of aryl methyl sites for hydroxylation is 2. The number of nitrogens with zero attached hydrogens (tertiary/aromatic N) is 1. The average molecular weight is 290 g/mol. The van der Waals surface area contributed by atoms with Crippen LogP contribution in [0.5, 0.6) is 0 Å². The molecule has 0 aliphatic carbocycles. The van der Waals surface area contributed by atoms with E-state index in [0.717, 1.165) is 17.7 Å². The molecule has 0 aliphatic heterocycles. The highest BCUT2D eigenvalue weighted by atomic mass is 19.1. The first-order valence-corrected chi connectivity index (χ1v) is 7.14. The predicted molar refractivity (Wildman–Crippen MR) is 80.0 cm³/mol. The Morgan fingerprint density at radius 3 is 2.71 bits per heavy atom. The second kappa shape index (κ2) is 6.76. The molecule has 0 saturated heterocycles. The quantitative estimate of drug-likeness (QED) is 0.897. The molecule has 1 N–H and O–H groups in total. The lowest BCUT2D eigenvalue weighted by Crippen LogP contribution is -2.21. The van der Waals surface area contributed by atoms with Gasteiger partial charge >= 0.3 is 0 Å². The van der Waals surface area contributed by atoms with Crippen molar-refractivity contribution in [2.45, 2.75) is 39.8 Å². The van der Waals surface area contributed by atoms with Gasteiger partial charge in [0.15, 0.2) is 0 Å². The highest BCUT2D eigenvalue weighted by Gasteiger charge is 2.14. The van der Waals surface area contributed by atoms with Crippen LogP contribution in [0, 0.1) is 18.6 Å². The topological polar surface area (TPSA) is 24.9 Å². The molecule has 2 nitrogen and oxygen atoms in total. The van der Waals surface area contributed by atoms with Crippen LogP contribution in [0.4, 0.5) is 8.78 Å². The smallest absolute Gasteiger partial charge is 0.128 e. The Morgan fingerprint density at radius 2 is 2.00 bits per heavy atom. The van der Waals surface area contributed by atoms with Crippen LogP contribution in [-0.4, -0.2) is 4.98 Å². The molecule has 0 radical (unpaired) electrons. The zero-order valence-electron chi connectivity index (χ0n) is 12.6. The predicted octanol–water partition coefficient (Wildman–Crippen LogP) is 4.08. The molecule has 0 saturated carbocycles. The molecule has 1 heterocycles. The molecule has 0 amide bonds. The van der Waals surface area contributed by atoms with Crippen molar-refractivity contribution in [2.75, 3.05) is 0 Å². The summed E-state index contributed by atoms with van der Waals surface area (Å²) >= 11 is 0. The van der Waals surface area contributed by atoms with Gasteiger partial charge in [-0.25, -0.2) is 8.78 Å². The minimum Gasteiger partial charge on any atom is -0.304 e. The summed E-state index contributed by atoms with van der Waals surface area (Å²) < 4.78 is 27.5. The average Bonchev–Trinajstić information content (AvgIpc) is 2.48. The number of hydrogen-bond acceptors (Lipinski definition) is 2. The van der Waals surface area contributed by atoms with E-state index in [9.17, 15) is 8.78 Å². The van der Waals surface area contributed by atoms with Gasteiger partial charge in [-0.05, 0) is 49.6 Å². The number of benzene rings is 1. The van der Waals surface area contributed by atoms with Gasteiger partial charge in [-0.3, -0.25) is 4.98 Å². The van der Waals surface area contributed by atoms with Gasteiger partial charge in [0.2, 0.25) is 0 Å². The fraction of sp³-hybridized carbons (Fsp3) is 0.353. The number of pyridine rings is 1. The maximum absolute atomic E-state index is 13.9. The monoisotopic (exact) mass is 290 g/mol. The first-order valence-electron chi connectivity index (χ1n) is 7.14. The summed E-state index contributed by atoms with van der Waals surface area (Å²) in [5.74, 6) is -0.766. The largest absolute Gasteiger partial charge is 0.304 e. The Morgan fingerprint density at radius 1 is 1.24 bits per heavy atom. The zero-order chi connectivity index (χ0) is 15.4. The van der Waals surface area contributed by atoms with E-state index in [1.165, 1.54) is 12.1 Å². The van der Waals surface area contributed by atoms with Crippen molar-refractivity contribution < 1.29 is 8.78 Å². The number of rotatable bonds is 5. The van der Waals surface area contributed by atoms with Crippen LogP contribution in [0.15, 0.2) is 30.5 Å². The van der Waals surface area contributed by atoms with Crippen LogP contribution in [-0.2, 0) is 13.0 Å². The first kappa shape index (κ1) is 15.6. The maximum atomic E-state index is 13.9. The molecule has 1 aromatic heterocycles. The van der Waals surface area contributed by atoms with Crippen molar-refractivity contribution >= 4 is 0 Å². The third kappa shape index (κ3) is 3.64. The molecule has 21 heavy (non-hydrogen) atoms. The van der Waals surface area contributed by atoms with E-state index in [0.29, 0.717) is 17.7 Å². The minimum absolute atomic E-state index is 0.285. The van der Waals surface area contributed by atoms with Crippen molar-refractivity contribution in [3.8, 4) is 0 Å². The van der Waals surface area contributed by atoms with Crippen LogP contribution >= 0.6 is 0 Å². The molecule has 2 aromatic rings. The van der Waals surface area contributed by atoms with E-state index in [-0.39, 0.29) is 17.7 Å². The molecule has 0 spiro atoms. The van der Waals surface area contributed by atoms with E-state index < -0.39 is 0 Å². The lowest BCUT2D eigenvalue weighted by Gasteiger charge is -2.16. The highest BCUT2D eigenvalue weighted by Crippen LogP contribution is 2.21. The second-order valence-electron chi connectivity index (χ2n) is 5.19. The van der Waals surface area contributed by atoms with Gasteiger partial charge in [-0.1, -0.05) is 13.0 Å². The van der Waals surface area contributed by atoms with Crippen LogP contribution < -0.4 is 5.32 Å². The van der Waals surface area contributed by atoms with Crippen LogP contribution in [0.3, 0.4) is 0 Å². The molecule has 0 aliphatic rings.